The van der Waals surface area contributed by atoms with Gasteiger partial charge in [-0.25, -0.2) is 0 Å². The van der Waals surface area contributed by atoms with E-state index >= 15 is 0 Å². The van der Waals surface area contributed by atoms with Gasteiger partial charge in [-0.15, -0.1) is 0 Å². The van der Waals surface area contributed by atoms with Gasteiger partial charge in [0.1, 0.15) is 0 Å². The van der Waals surface area contributed by atoms with E-state index in [1.807, 2.05) is 4.90 Å². The summed E-state index contributed by atoms with van der Waals surface area (Å²) in [7, 11) is 0. The van der Waals surface area contributed by atoms with Crippen molar-refractivity contribution in [2.24, 2.45) is 0 Å². The van der Waals surface area contributed by atoms with Crippen molar-refractivity contribution in [3.05, 3.63) is 35.4 Å². The molecule has 2 heterocycles. The average Bonchev–Trinajstić information content (AvgIpc) is 2.80. The molecule has 5 heteroatoms. The second kappa shape index (κ2) is 6.71. The van der Waals surface area contributed by atoms with Gasteiger partial charge in [0.05, 0.1) is 12.1 Å². The normalized spacial score (nSPS) is 29.4. The molecule has 2 aliphatic heterocycles. The molecule has 1 aromatic carbocycles. The van der Waals surface area contributed by atoms with Gasteiger partial charge < -0.3 is 15.3 Å². The molecule has 1 aromatic rings. The Bertz CT molecular complexity index is 642. The van der Waals surface area contributed by atoms with Gasteiger partial charge in [-0.3, -0.25) is 9.69 Å². The summed E-state index contributed by atoms with van der Waals surface area (Å²) in [5, 5.41) is 14.9. The fraction of sp³-hybridized carbons (Fsp3) is 0.650. The van der Waals surface area contributed by atoms with Crippen molar-refractivity contribution in [3.8, 4) is 0 Å². The Morgan fingerprint density at radius 2 is 1.92 bits per heavy atom. The van der Waals surface area contributed by atoms with Crippen molar-refractivity contribution in [2.75, 3.05) is 39.3 Å². The minimum atomic E-state index is -0.365. The monoisotopic (exact) mass is 343 g/mol. The highest BCUT2D eigenvalue weighted by Gasteiger charge is 2.53. The molecule has 0 aromatic heterocycles. The number of carbonyl (C=O) groups is 1. The van der Waals surface area contributed by atoms with Crippen LogP contribution < -0.4 is 5.32 Å². The molecule has 136 valence electrons. The van der Waals surface area contributed by atoms with Crippen LogP contribution in [-0.2, 0) is 10.2 Å². The molecule has 25 heavy (non-hydrogen) atoms. The van der Waals surface area contributed by atoms with Crippen LogP contribution in [0.2, 0.25) is 0 Å². The number of carbonyl (C=O) groups excluding carboxylic acids is 1. The van der Waals surface area contributed by atoms with Gasteiger partial charge in [0, 0.05) is 38.5 Å². The van der Waals surface area contributed by atoms with Gasteiger partial charge in [-0.05, 0) is 43.5 Å². The Labute approximate surface area is 150 Å². The van der Waals surface area contributed by atoms with Gasteiger partial charge in [-0.2, -0.15) is 0 Å². The molecule has 2 N–H and O–H groups in total. The van der Waals surface area contributed by atoms with E-state index in [2.05, 4.69) is 34.5 Å². The number of hydrogen-bond acceptors (Lipinski definition) is 4. The van der Waals surface area contributed by atoms with Gasteiger partial charge in [-0.1, -0.05) is 24.3 Å². The summed E-state index contributed by atoms with van der Waals surface area (Å²) >= 11 is 0. The molecule has 1 spiro atoms. The van der Waals surface area contributed by atoms with Crippen LogP contribution >= 0.6 is 0 Å². The number of hydrogen-bond donors (Lipinski definition) is 2. The predicted molar refractivity (Wildman–Crippen MR) is 97.4 cm³/mol. The minimum absolute atomic E-state index is 0.0567. The number of piperidine rings is 1. The number of amides is 1. The second-order valence-corrected chi connectivity index (χ2v) is 7.78. The number of aliphatic hydroxyl groups excluding tert-OH is 1. The van der Waals surface area contributed by atoms with Crippen molar-refractivity contribution in [3.63, 3.8) is 0 Å². The SMILES string of the molecule is CC(=O)N1CCCN([C@@H]2c3ccccc3C3(CCNCC3)[C@H]2O)CC1. The summed E-state index contributed by atoms with van der Waals surface area (Å²) in [6, 6.07) is 8.69. The van der Waals surface area contributed by atoms with Crippen LogP contribution in [0.1, 0.15) is 43.4 Å². The first-order chi connectivity index (χ1) is 12.1. The molecule has 2 atom stereocenters. The number of rotatable bonds is 1. The Morgan fingerprint density at radius 3 is 2.68 bits per heavy atom. The summed E-state index contributed by atoms with van der Waals surface area (Å²) in [5.41, 5.74) is 2.54. The van der Waals surface area contributed by atoms with Crippen molar-refractivity contribution in [1.29, 1.82) is 0 Å². The standard InChI is InChI=1S/C20H29N3O2/c1-15(24)22-11-4-12-23(14-13-22)18-16-5-2-3-6-17(16)20(19(18)25)7-9-21-10-8-20/h2-3,5-6,18-19,21,25H,4,7-14H2,1H3/t18-,19+/m1/s1. The fourth-order valence-electron chi connectivity index (χ4n) is 5.20. The van der Waals surface area contributed by atoms with Crippen LogP contribution in [0, 0.1) is 0 Å². The van der Waals surface area contributed by atoms with E-state index < -0.39 is 0 Å². The van der Waals surface area contributed by atoms with Crippen molar-refractivity contribution < 1.29 is 9.90 Å². The summed E-state index contributed by atoms with van der Waals surface area (Å²) < 4.78 is 0. The lowest BCUT2D eigenvalue weighted by atomic mass is 9.72. The summed E-state index contributed by atoms with van der Waals surface area (Å²) in [6.07, 6.45) is 2.60. The molecule has 2 fully saturated rings. The van der Waals surface area contributed by atoms with E-state index in [9.17, 15) is 9.90 Å². The van der Waals surface area contributed by atoms with E-state index in [4.69, 9.17) is 0 Å². The Balaban J connectivity index is 1.65. The molecule has 0 unspecified atom stereocenters. The molecule has 0 bridgehead atoms. The van der Waals surface area contributed by atoms with Crippen LogP contribution in [0.4, 0.5) is 0 Å². The lowest BCUT2D eigenvalue weighted by molar-refractivity contribution is -0.128. The fourth-order valence-corrected chi connectivity index (χ4v) is 5.20. The zero-order valence-corrected chi connectivity index (χ0v) is 15.1. The second-order valence-electron chi connectivity index (χ2n) is 7.78. The Morgan fingerprint density at radius 1 is 1.16 bits per heavy atom. The third kappa shape index (κ3) is 2.78. The van der Waals surface area contributed by atoms with Crippen LogP contribution in [0.15, 0.2) is 24.3 Å². The molecule has 2 saturated heterocycles. The van der Waals surface area contributed by atoms with Crippen LogP contribution in [-0.4, -0.2) is 66.2 Å². The third-order valence-corrected chi connectivity index (χ3v) is 6.55. The van der Waals surface area contributed by atoms with E-state index in [1.54, 1.807) is 6.92 Å². The van der Waals surface area contributed by atoms with Crippen LogP contribution in [0.5, 0.6) is 0 Å². The zero-order chi connectivity index (χ0) is 17.4. The molecule has 3 aliphatic rings. The number of nitrogens with zero attached hydrogens (tertiary/aromatic N) is 2. The summed E-state index contributed by atoms with van der Waals surface area (Å²) in [6.45, 7) is 6.95. The Kier molecular flexibility index (Phi) is 4.56. The molecule has 5 nitrogen and oxygen atoms in total. The first-order valence-electron chi connectivity index (χ1n) is 9.61. The number of nitrogens with one attached hydrogen (secondary N) is 1. The molecular formula is C20H29N3O2. The zero-order valence-electron chi connectivity index (χ0n) is 15.1. The number of fused-ring (bicyclic) bond motifs is 2. The highest BCUT2D eigenvalue weighted by Crippen LogP contribution is 2.52. The van der Waals surface area contributed by atoms with Gasteiger partial charge in [0.25, 0.3) is 0 Å². The average molecular weight is 343 g/mol. The quantitative estimate of drug-likeness (QED) is 0.807. The molecular weight excluding hydrogens is 314 g/mol. The maximum Gasteiger partial charge on any atom is 0.219 e. The number of benzene rings is 1. The maximum atomic E-state index is 11.7. The molecule has 0 radical (unpaired) electrons. The molecule has 1 aliphatic carbocycles. The smallest absolute Gasteiger partial charge is 0.219 e. The third-order valence-electron chi connectivity index (χ3n) is 6.55. The Hall–Kier alpha value is -1.43. The lowest BCUT2D eigenvalue weighted by Crippen LogP contribution is -2.49. The maximum absolute atomic E-state index is 11.7. The summed E-state index contributed by atoms with van der Waals surface area (Å²) in [4.78, 5) is 16.1. The van der Waals surface area contributed by atoms with E-state index in [0.717, 1.165) is 58.5 Å². The molecule has 0 saturated carbocycles. The van der Waals surface area contributed by atoms with Gasteiger partial charge >= 0.3 is 0 Å². The van der Waals surface area contributed by atoms with E-state index in [-0.39, 0.29) is 23.5 Å². The van der Waals surface area contributed by atoms with Crippen molar-refractivity contribution >= 4 is 5.91 Å². The first kappa shape index (κ1) is 17.0. The molecule has 1 amide bonds. The number of aliphatic hydroxyl groups is 1. The highest BCUT2D eigenvalue weighted by atomic mass is 16.3. The van der Waals surface area contributed by atoms with Crippen LogP contribution in [0.3, 0.4) is 0 Å². The van der Waals surface area contributed by atoms with Crippen LogP contribution in [0.25, 0.3) is 0 Å². The lowest BCUT2D eigenvalue weighted by Gasteiger charge is -2.40. The van der Waals surface area contributed by atoms with Crippen molar-refractivity contribution in [1.82, 2.24) is 15.1 Å². The predicted octanol–water partition coefficient (Wildman–Crippen LogP) is 1.28. The van der Waals surface area contributed by atoms with Gasteiger partial charge in [0.2, 0.25) is 5.91 Å². The highest BCUT2D eigenvalue weighted by molar-refractivity contribution is 5.73. The first-order valence-corrected chi connectivity index (χ1v) is 9.61. The minimum Gasteiger partial charge on any atom is -0.390 e. The van der Waals surface area contributed by atoms with E-state index in [0.29, 0.717) is 0 Å². The van der Waals surface area contributed by atoms with Crippen molar-refractivity contribution in [2.45, 2.75) is 43.7 Å². The largest absolute Gasteiger partial charge is 0.390 e. The summed E-state index contributed by atoms with van der Waals surface area (Å²) in [5.74, 6) is 0.157. The molecule has 4 rings (SSSR count). The van der Waals surface area contributed by atoms with E-state index in [1.165, 1.54) is 11.1 Å². The van der Waals surface area contributed by atoms with Gasteiger partial charge in [0.15, 0.2) is 0 Å². The topological polar surface area (TPSA) is 55.8 Å².